The van der Waals surface area contributed by atoms with Gasteiger partial charge in [0, 0.05) is 23.6 Å². The molecule has 0 unspecified atom stereocenters. The molecule has 0 bridgehead atoms. The van der Waals surface area contributed by atoms with Crippen molar-refractivity contribution >= 4 is 5.97 Å². The van der Waals surface area contributed by atoms with Crippen molar-refractivity contribution in [2.24, 2.45) is 22.7 Å². The van der Waals surface area contributed by atoms with Crippen LogP contribution < -0.4 is 0 Å². The third kappa shape index (κ3) is 5.20. The smallest absolute Gasteiger partial charge is 0.336 e. The summed E-state index contributed by atoms with van der Waals surface area (Å²) in [4.78, 5) is 14.1. The van der Waals surface area contributed by atoms with Crippen molar-refractivity contribution in [3.8, 4) is 22.6 Å². The fourth-order valence-corrected chi connectivity index (χ4v) is 9.24. The lowest BCUT2D eigenvalue weighted by atomic mass is 9.46. The Morgan fingerprint density at radius 1 is 1.09 bits per heavy atom. The molecule has 5 aliphatic rings. The molecule has 1 saturated heterocycles. The van der Waals surface area contributed by atoms with E-state index >= 15 is 0 Å². The molecule has 2 aromatic rings. The lowest BCUT2D eigenvalue weighted by Gasteiger charge is -2.59. The number of benzene rings is 2. The fraction of sp³-hybridized carbons (Fsp3) is 0.541. The maximum atomic E-state index is 11.8. The van der Waals surface area contributed by atoms with Gasteiger partial charge >= 0.3 is 5.97 Å². The van der Waals surface area contributed by atoms with E-state index in [1.807, 2.05) is 19.1 Å². The number of carbonyl (C=O) groups excluding carboxylic acids is 1. The Hall–Kier alpha value is -3.17. The van der Waals surface area contributed by atoms with Crippen LogP contribution >= 0.6 is 0 Å². The molecule has 5 N–H and O–H groups in total. The normalized spacial score (nSPS) is 34.7. The minimum Gasteiger partial charge on any atom is -0.504 e. The van der Waals surface area contributed by atoms with Crippen LogP contribution in [0.3, 0.4) is 0 Å². The van der Waals surface area contributed by atoms with Crippen molar-refractivity contribution in [2.75, 3.05) is 26.8 Å². The van der Waals surface area contributed by atoms with Crippen molar-refractivity contribution in [3.05, 3.63) is 70.8 Å². The zero-order chi connectivity index (χ0) is 32.3. The predicted molar refractivity (Wildman–Crippen MR) is 172 cm³/mol. The molecule has 242 valence electrons. The summed E-state index contributed by atoms with van der Waals surface area (Å²) >= 11 is 0. The number of phenolic OH excluding ortho intramolecular Hbond substituents is 2. The van der Waals surface area contributed by atoms with Gasteiger partial charge in [0.25, 0.3) is 0 Å². The van der Waals surface area contributed by atoms with E-state index < -0.39 is 23.6 Å². The molecule has 2 heterocycles. The number of phenols is 2. The number of aliphatic hydroxyl groups excluding tert-OH is 3. The monoisotopic (exact) mass is 617 g/mol. The Labute approximate surface area is 265 Å². The summed E-state index contributed by atoms with van der Waals surface area (Å²) in [6.07, 6.45) is 6.36. The average molecular weight is 618 g/mol. The SMILES string of the molecule is C=C1CC[C@@H]2[C@](C)(CO)[C@H](O)CC[C@@]2(C)[C@@H]1C/C=C1/C(=O)OC[C@H]1O.CN1CCc2cccc3c2[C@H]1Cc1ccc(O)c(O)c1-3. The second kappa shape index (κ2) is 11.9. The van der Waals surface area contributed by atoms with Crippen LogP contribution in [0.25, 0.3) is 11.1 Å². The molecule has 0 spiro atoms. The Morgan fingerprint density at radius 2 is 1.87 bits per heavy atom. The molecule has 45 heavy (non-hydrogen) atoms. The van der Waals surface area contributed by atoms with Crippen LogP contribution in [0.5, 0.6) is 11.5 Å². The van der Waals surface area contributed by atoms with E-state index in [2.05, 4.69) is 43.6 Å². The van der Waals surface area contributed by atoms with Gasteiger partial charge in [-0.25, -0.2) is 4.79 Å². The van der Waals surface area contributed by atoms with Crippen molar-refractivity contribution < 1.29 is 35.1 Å². The van der Waals surface area contributed by atoms with Crippen LogP contribution in [-0.4, -0.2) is 75.4 Å². The zero-order valence-electron chi connectivity index (χ0n) is 26.6. The van der Waals surface area contributed by atoms with E-state index in [-0.39, 0.29) is 42.0 Å². The molecule has 3 fully saturated rings. The number of hydrogen-bond acceptors (Lipinski definition) is 8. The van der Waals surface area contributed by atoms with Crippen molar-refractivity contribution in [3.63, 3.8) is 0 Å². The summed E-state index contributed by atoms with van der Waals surface area (Å²) in [6.45, 7) is 9.57. The molecule has 2 aromatic carbocycles. The molecule has 2 aliphatic heterocycles. The maximum Gasteiger partial charge on any atom is 0.336 e. The summed E-state index contributed by atoms with van der Waals surface area (Å²) in [6, 6.07) is 10.2. The van der Waals surface area contributed by atoms with E-state index in [1.165, 1.54) is 11.1 Å². The van der Waals surface area contributed by atoms with Crippen LogP contribution in [0, 0.1) is 22.7 Å². The Morgan fingerprint density at radius 3 is 2.58 bits per heavy atom. The first-order chi connectivity index (χ1) is 21.4. The second-order valence-electron chi connectivity index (χ2n) is 14.3. The quantitative estimate of drug-likeness (QED) is 0.144. The molecule has 8 nitrogen and oxygen atoms in total. The lowest BCUT2D eigenvalue weighted by molar-refractivity contribution is -0.151. The number of nitrogens with zero attached hydrogens (tertiary/aromatic N) is 1. The van der Waals surface area contributed by atoms with Gasteiger partial charge in [-0.3, -0.25) is 4.90 Å². The van der Waals surface area contributed by atoms with E-state index in [0.717, 1.165) is 60.9 Å². The van der Waals surface area contributed by atoms with Crippen molar-refractivity contribution in [1.29, 1.82) is 0 Å². The molecule has 0 radical (unpaired) electrons. The summed E-state index contributed by atoms with van der Waals surface area (Å²) in [5, 5.41) is 50.5. The standard InChI is InChI=1S/C20H30O5.C17H17NO2/c1-12-4-7-16-19(2,9-8-17(23)20(16,3)11-21)14(12)6-5-13-15(22)10-25-18(13)24;1-18-8-7-10-3-2-4-12-15(10)13(18)9-11-5-6-14(19)17(20)16(11)12/h5,14-17,21-23H,1,4,6-11H2,2-3H3;2-6,13,19-20H,7-9H2,1H3/b13-5+;/t14-,15-,16+,17-,19+,20+;13-/m11/s1. The number of carbonyl (C=O) groups is 1. The van der Waals surface area contributed by atoms with Gasteiger partial charge in [-0.15, -0.1) is 0 Å². The summed E-state index contributed by atoms with van der Waals surface area (Å²) in [5.41, 5.74) is 6.62. The Balaban J connectivity index is 0.000000162. The number of cyclic esters (lactones) is 1. The van der Waals surface area contributed by atoms with Crippen molar-refractivity contribution in [2.45, 2.75) is 77.0 Å². The van der Waals surface area contributed by atoms with Gasteiger partial charge in [0.15, 0.2) is 11.5 Å². The molecule has 0 amide bonds. The third-order valence-electron chi connectivity index (χ3n) is 12.0. The second-order valence-corrected chi connectivity index (χ2v) is 14.3. The molecule has 7 atom stereocenters. The summed E-state index contributed by atoms with van der Waals surface area (Å²) < 4.78 is 4.90. The van der Waals surface area contributed by atoms with Crippen LogP contribution in [0.4, 0.5) is 0 Å². The van der Waals surface area contributed by atoms with Crippen molar-refractivity contribution in [1.82, 2.24) is 4.90 Å². The van der Waals surface area contributed by atoms with Crippen LogP contribution in [0.15, 0.2) is 54.1 Å². The lowest BCUT2D eigenvalue weighted by Crippen LogP contribution is -2.57. The highest BCUT2D eigenvalue weighted by Gasteiger charge is 2.57. The number of hydrogen-bond donors (Lipinski definition) is 5. The highest BCUT2D eigenvalue weighted by atomic mass is 16.6. The minimum atomic E-state index is -0.844. The molecular weight excluding hydrogens is 570 g/mol. The van der Waals surface area contributed by atoms with E-state index in [9.17, 15) is 30.3 Å². The van der Waals surface area contributed by atoms with Gasteiger partial charge in [-0.1, -0.05) is 56.3 Å². The average Bonchev–Trinajstić information content (AvgIpc) is 3.35. The third-order valence-corrected chi connectivity index (χ3v) is 12.0. The van der Waals surface area contributed by atoms with Crippen LogP contribution in [0.2, 0.25) is 0 Å². The first-order valence-corrected chi connectivity index (χ1v) is 16.3. The van der Waals surface area contributed by atoms with Gasteiger partial charge in [0.05, 0.1) is 18.3 Å². The Kier molecular flexibility index (Phi) is 8.40. The first-order valence-electron chi connectivity index (χ1n) is 16.3. The van der Waals surface area contributed by atoms with E-state index in [4.69, 9.17) is 4.74 Å². The number of fused-ring (bicyclic) bond motifs is 3. The zero-order valence-corrected chi connectivity index (χ0v) is 26.6. The fourth-order valence-electron chi connectivity index (χ4n) is 9.24. The molecule has 0 aromatic heterocycles. The van der Waals surface area contributed by atoms with Crippen LogP contribution in [-0.2, 0) is 22.4 Å². The van der Waals surface area contributed by atoms with Gasteiger partial charge in [0.2, 0.25) is 0 Å². The number of rotatable bonds is 3. The number of esters is 1. The number of ether oxygens (including phenoxy) is 1. The molecule has 8 heteroatoms. The minimum absolute atomic E-state index is 0.0163. The highest BCUT2D eigenvalue weighted by Crippen LogP contribution is 2.61. The molecule has 2 saturated carbocycles. The van der Waals surface area contributed by atoms with Gasteiger partial charge < -0.3 is 30.3 Å². The topological polar surface area (TPSA) is 131 Å². The maximum absolute atomic E-state index is 11.8. The van der Waals surface area contributed by atoms with E-state index in [0.29, 0.717) is 24.5 Å². The predicted octanol–water partition coefficient (Wildman–Crippen LogP) is 4.81. The number of aliphatic hydroxyl groups is 3. The number of allylic oxidation sites excluding steroid dienone is 2. The largest absolute Gasteiger partial charge is 0.504 e. The van der Waals surface area contributed by atoms with Gasteiger partial charge in [-0.2, -0.15) is 0 Å². The Bertz CT molecular complexity index is 1530. The first kappa shape index (κ1) is 31.8. The number of aromatic hydroxyl groups is 2. The van der Waals surface area contributed by atoms with Gasteiger partial charge in [0.1, 0.15) is 12.7 Å². The molecular formula is C37H47NO7. The van der Waals surface area contributed by atoms with Crippen LogP contribution in [0.1, 0.15) is 68.7 Å². The molecule has 7 rings (SSSR count). The highest BCUT2D eigenvalue weighted by molar-refractivity contribution is 5.91. The summed E-state index contributed by atoms with van der Waals surface area (Å²) in [7, 11) is 2.16. The summed E-state index contributed by atoms with van der Waals surface area (Å²) in [5.74, 6) is -0.0951. The molecule has 3 aliphatic carbocycles. The number of likely N-dealkylation sites (N-methyl/N-ethyl adjacent to an activating group) is 1. The van der Waals surface area contributed by atoms with Gasteiger partial charge in [-0.05, 0) is 97.6 Å². The van der Waals surface area contributed by atoms with E-state index in [1.54, 1.807) is 6.07 Å².